The number of ether oxygens (including phenoxy) is 1. The van der Waals surface area contributed by atoms with Crippen LogP contribution < -0.4 is 4.74 Å². The molecule has 0 aliphatic rings. The normalized spacial score (nSPS) is 11.6. The highest BCUT2D eigenvalue weighted by molar-refractivity contribution is 5.88. The molecule has 0 amide bonds. The van der Waals surface area contributed by atoms with Gasteiger partial charge in [0.1, 0.15) is 11.6 Å². The molecule has 8 heteroatoms. The smallest absolute Gasteiger partial charge is 0.399 e. The van der Waals surface area contributed by atoms with Gasteiger partial charge in [-0.1, -0.05) is 36.4 Å². The molecular weight excluding hydrogens is 473 g/mol. The van der Waals surface area contributed by atoms with Crippen LogP contribution in [0.5, 0.6) is 5.75 Å². The van der Waals surface area contributed by atoms with Gasteiger partial charge in [-0.25, -0.2) is 17.6 Å². The number of hydrogen-bond acceptors (Lipinski definition) is 1. The average Bonchev–Trinajstić information content (AvgIpc) is 2.78. The van der Waals surface area contributed by atoms with Crippen molar-refractivity contribution in [3.05, 3.63) is 102 Å². The van der Waals surface area contributed by atoms with Gasteiger partial charge in [-0.15, -0.1) is 19.8 Å². The number of rotatable bonds is 6. The Labute approximate surface area is 196 Å². The van der Waals surface area contributed by atoms with Gasteiger partial charge in [0, 0.05) is 0 Å². The van der Waals surface area contributed by atoms with Gasteiger partial charge in [0.2, 0.25) is 5.75 Å². The molecule has 0 saturated carbocycles. The first-order valence-corrected chi connectivity index (χ1v) is 10.4. The molecule has 1 nitrogen and oxygen atoms in total. The summed E-state index contributed by atoms with van der Waals surface area (Å²) in [6.45, 7) is 3.70. The molecule has 0 heterocycles. The number of benzene rings is 4. The molecule has 35 heavy (non-hydrogen) atoms. The zero-order chi connectivity index (χ0) is 25.3. The van der Waals surface area contributed by atoms with Crippen molar-refractivity contribution in [3.8, 4) is 28.0 Å². The average molecular weight is 490 g/mol. The molecular formula is C27H17F7O. The van der Waals surface area contributed by atoms with E-state index in [1.807, 2.05) is 30.3 Å². The largest absolute Gasteiger partial charge is 0.573 e. The van der Waals surface area contributed by atoms with Crippen molar-refractivity contribution in [3.63, 3.8) is 0 Å². The SMILES string of the molecule is C=CCCc1ccc2cc(-c3cc(F)c(-c4cc(F)c(OC(F)(F)F)c(F)c4)c(F)c3)ccc2c1. The van der Waals surface area contributed by atoms with Gasteiger partial charge < -0.3 is 4.74 Å². The van der Waals surface area contributed by atoms with Gasteiger partial charge >= 0.3 is 6.36 Å². The van der Waals surface area contributed by atoms with Crippen LogP contribution in [0, 0.1) is 23.3 Å². The minimum Gasteiger partial charge on any atom is -0.399 e. The van der Waals surface area contributed by atoms with Crippen LogP contribution in [0.3, 0.4) is 0 Å². The Morgan fingerprint density at radius 3 is 1.86 bits per heavy atom. The minimum atomic E-state index is -5.34. The lowest BCUT2D eigenvalue weighted by atomic mass is 9.96. The van der Waals surface area contributed by atoms with E-state index in [2.05, 4.69) is 11.3 Å². The summed E-state index contributed by atoms with van der Waals surface area (Å²) in [7, 11) is 0. The molecule has 4 aromatic carbocycles. The Hall–Kier alpha value is -3.81. The number of halogens is 7. The van der Waals surface area contributed by atoms with Gasteiger partial charge in [0.25, 0.3) is 0 Å². The van der Waals surface area contributed by atoms with Crippen molar-refractivity contribution < 1.29 is 35.5 Å². The second kappa shape index (κ2) is 9.44. The standard InChI is InChI=1S/C27H17F7O/c1-2-3-4-15-5-6-17-10-18(8-7-16(17)9-15)19-11-21(28)25(22(29)12-19)20-13-23(30)26(24(31)14-20)35-27(32,33)34/h2,5-14H,1,3-4H2. The Morgan fingerprint density at radius 2 is 1.26 bits per heavy atom. The lowest BCUT2D eigenvalue weighted by molar-refractivity contribution is -0.276. The maximum Gasteiger partial charge on any atom is 0.573 e. The van der Waals surface area contributed by atoms with Crippen LogP contribution in [0.15, 0.2) is 73.3 Å². The number of alkyl halides is 3. The van der Waals surface area contributed by atoms with E-state index in [1.54, 1.807) is 12.1 Å². The van der Waals surface area contributed by atoms with Crippen LogP contribution in [0.4, 0.5) is 30.7 Å². The fourth-order valence-corrected chi connectivity index (χ4v) is 3.83. The molecule has 0 atom stereocenters. The molecule has 0 fully saturated rings. The summed E-state index contributed by atoms with van der Waals surface area (Å²) in [5.74, 6) is -7.47. The third kappa shape index (κ3) is 5.31. The van der Waals surface area contributed by atoms with Crippen molar-refractivity contribution in [2.24, 2.45) is 0 Å². The molecule has 0 aliphatic heterocycles. The summed E-state index contributed by atoms with van der Waals surface area (Å²) < 4.78 is 98.3. The number of hydrogen-bond donors (Lipinski definition) is 0. The molecule has 0 saturated heterocycles. The highest BCUT2D eigenvalue weighted by Crippen LogP contribution is 2.36. The molecule has 0 unspecified atom stereocenters. The van der Waals surface area contributed by atoms with E-state index < -0.39 is 46.5 Å². The van der Waals surface area contributed by atoms with E-state index >= 15 is 0 Å². The monoisotopic (exact) mass is 490 g/mol. The van der Waals surface area contributed by atoms with Gasteiger partial charge in [0.05, 0.1) is 5.56 Å². The molecule has 0 aromatic heterocycles. The highest BCUT2D eigenvalue weighted by atomic mass is 19.4. The Balaban J connectivity index is 1.70. The molecule has 0 aliphatic carbocycles. The van der Waals surface area contributed by atoms with Crippen molar-refractivity contribution in [2.45, 2.75) is 19.2 Å². The molecule has 0 bridgehead atoms. The highest BCUT2D eigenvalue weighted by Gasteiger charge is 2.34. The number of fused-ring (bicyclic) bond motifs is 1. The fourth-order valence-electron chi connectivity index (χ4n) is 3.83. The Bertz CT molecular complexity index is 1380. The van der Waals surface area contributed by atoms with Crippen LogP contribution in [-0.2, 0) is 6.42 Å². The number of allylic oxidation sites excluding steroid dienone is 1. The lowest BCUT2D eigenvalue weighted by Crippen LogP contribution is -2.19. The predicted molar refractivity (Wildman–Crippen MR) is 120 cm³/mol. The number of aryl methyl sites for hydroxylation is 1. The molecule has 0 spiro atoms. The summed E-state index contributed by atoms with van der Waals surface area (Å²) in [5, 5.41) is 1.79. The van der Waals surface area contributed by atoms with E-state index in [0.29, 0.717) is 17.7 Å². The summed E-state index contributed by atoms with van der Waals surface area (Å²) in [6.07, 6.45) is -1.84. The van der Waals surface area contributed by atoms with E-state index in [1.165, 1.54) is 0 Å². The topological polar surface area (TPSA) is 9.23 Å². The Morgan fingerprint density at radius 1 is 0.686 bits per heavy atom. The fraction of sp³-hybridized carbons (Fsp3) is 0.111. The predicted octanol–water partition coefficient (Wildman–Crippen LogP) is 8.75. The van der Waals surface area contributed by atoms with Crippen molar-refractivity contribution in [1.82, 2.24) is 0 Å². The zero-order valence-electron chi connectivity index (χ0n) is 18.0. The summed E-state index contributed by atoms with van der Waals surface area (Å²) in [5.41, 5.74) is 0.420. The van der Waals surface area contributed by atoms with Gasteiger partial charge in [-0.05, 0) is 76.2 Å². The van der Waals surface area contributed by atoms with Crippen LogP contribution >= 0.6 is 0 Å². The zero-order valence-corrected chi connectivity index (χ0v) is 18.0. The van der Waals surface area contributed by atoms with E-state index in [4.69, 9.17) is 0 Å². The molecule has 180 valence electrons. The van der Waals surface area contributed by atoms with E-state index in [-0.39, 0.29) is 5.56 Å². The molecule has 4 aromatic rings. The third-order valence-electron chi connectivity index (χ3n) is 5.42. The van der Waals surface area contributed by atoms with Crippen LogP contribution in [0.1, 0.15) is 12.0 Å². The van der Waals surface area contributed by atoms with Crippen LogP contribution in [0.25, 0.3) is 33.0 Å². The quantitative estimate of drug-likeness (QED) is 0.194. The maximum atomic E-state index is 14.9. The second-order valence-electron chi connectivity index (χ2n) is 7.86. The van der Waals surface area contributed by atoms with Gasteiger partial charge in [0.15, 0.2) is 11.6 Å². The van der Waals surface area contributed by atoms with Crippen LogP contribution in [-0.4, -0.2) is 6.36 Å². The van der Waals surface area contributed by atoms with Gasteiger partial charge in [-0.2, -0.15) is 0 Å². The van der Waals surface area contributed by atoms with Crippen molar-refractivity contribution >= 4 is 10.8 Å². The summed E-state index contributed by atoms with van der Waals surface area (Å²) >= 11 is 0. The second-order valence-corrected chi connectivity index (χ2v) is 7.86. The first-order valence-electron chi connectivity index (χ1n) is 10.4. The molecule has 0 radical (unpaired) electrons. The van der Waals surface area contributed by atoms with E-state index in [0.717, 1.165) is 41.3 Å². The minimum absolute atomic E-state index is 0.180. The van der Waals surface area contributed by atoms with Crippen molar-refractivity contribution in [1.29, 1.82) is 0 Å². The van der Waals surface area contributed by atoms with Crippen LogP contribution in [0.2, 0.25) is 0 Å². The van der Waals surface area contributed by atoms with Gasteiger partial charge in [-0.3, -0.25) is 0 Å². The third-order valence-corrected chi connectivity index (χ3v) is 5.42. The molecule has 4 rings (SSSR count). The maximum absolute atomic E-state index is 14.9. The molecule has 0 N–H and O–H groups in total. The Kier molecular flexibility index (Phi) is 6.56. The lowest BCUT2D eigenvalue weighted by Gasteiger charge is -2.13. The first kappa shape index (κ1) is 24.3. The first-order chi connectivity index (χ1) is 16.6. The van der Waals surface area contributed by atoms with Crippen molar-refractivity contribution in [2.75, 3.05) is 0 Å². The summed E-state index contributed by atoms with van der Waals surface area (Å²) in [4.78, 5) is 0. The van der Waals surface area contributed by atoms with E-state index in [9.17, 15) is 30.7 Å². The summed E-state index contributed by atoms with van der Waals surface area (Å²) in [6, 6.07) is 13.9.